The highest BCUT2D eigenvalue weighted by Gasteiger charge is 2.49. The smallest absolute Gasteiger partial charge is 0.271 e. The van der Waals surface area contributed by atoms with Crippen molar-refractivity contribution in [2.45, 2.75) is 19.3 Å². The van der Waals surface area contributed by atoms with Gasteiger partial charge in [-0.15, -0.1) is 0 Å². The second-order valence-electron chi connectivity index (χ2n) is 6.46. The molecule has 0 saturated carbocycles. The summed E-state index contributed by atoms with van der Waals surface area (Å²) < 4.78 is 0. The molecule has 2 aromatic heterocycles. The summed E-state index contributed by atoms with van der Waals surface area (Å²) in [7, 11) is 0. The monoisotopic (exact) mass is 325 g/mol. The van der Waals surface area contributed by atoms with E-state index in [0.717, 1.165) is 18.7 Å². The summed E-state index contributed by atoms with van der Waals surface area (Å²) >= 11 is 0. The van der Waals surface area contributed by atoms with Gasteiger partial charge in [-0.1, -0.05) is 0 Å². The van der Waals surface area contributed by atoms with Crippen LogP contribution in [0, 0.1) is 5.41 Å². The topological polar surface area (TPSA) is 82.2 Å². The number of aromatic nitrogens is 3. The molecule has 0 radical (unpaired) electrons. The van der Waals surface area contributed by atoms with E-state index in [2.05, 4.69) is 15.2 Å². The Labute approximate surface area is 139 Å². The van der Waals surface area contributed by atoms with Crippen LogP contribution in [0.3, 0.4) is 0 Å². The van der Waals surface area contributed by atoms with Crippen LogP contribution in [0.2, 0.25) is 0 Å². The number of likely N-dealkylation sites (tertiary alicyclic amines) is 1. The predicted octanol–water partition coefficient (Wildman–Crippen LogP) is 1.46. The number of rotatable bonds is 2. The van der Waals surface area contributed by atoms with E-state index in [-0.39, 0.29) is 17.2 Å². The summed E-state index contributed by atoms with van der Waals surface area (Å²) in [6, 6.07) is 5.44. The molecule has 1 N–H and O–H groups in total. The van der Waals surface area contributed by atoms with Crippen molar-refractivity contribution in [2.24, 2.45) is 5.41 Å². The Bertz CT molecular complexity index is 736. The molecule has 0 atom stereocenters. The average molecular weight is 325 g/mol. The third-order valence-electron chi connectivity index (χ3n) is 5.21. The number of aromatic amines is 1. The van der Waals surface area contributed by atoms with Gasteiger partial charge in [0.1, 0.15) is 5.69 Å². The number of hydrogen-bond donors (Lipinski definition) is 1. The zero-order valence-electron chi connectivity index (χ0n) is 13.3. The van der Waals surface area contributed by atoms with Crippen LogP contribution in [-0.4, -0.2) is 51.5 Å². The number of nitrogens with zero attached hydrogens (tertiary/aromatic N) is 4. The molecule has 24 heavy (non-hydrogen) atoms. The number of pyridine rings is 1. The lowest BCUT2D eigenvalue weighted by molar-refractivity contribution is -0.127. The lowest BCUT2D eigenvalue weighted by Gasteiger charge is -2.37. The van der Waals surface area contributed by atoms with Gasteiger partial charge in [-0.3, -0.25) is 19.7 Å². The molecule has 2 aromatic rings. The number of carbonyl (C=O) groups excluding carboxylic acids is 2. The van der Waals surface area contributed by atoms with Crippen LogP contribution in [-0.2, 0) is 4.79 Å². The van der Waals surface area contributed by atoms with Crippen molar-refractivity contribution in [2.75, 3.05) is 24.5 Å². The Balaban J connectivity index is 1.45. The summed E-state index contributed by atoms with van der Waals surface area (Å²) in [6.07, 6.45) is 7.27. The predicted molar refractivity (Wildman–Crippen MR) is 87.4 cm³/mol. The summed E-state index contributed by atoms with van der Waals surface area (Å²) in [5.41, 5.74) is 1.02. The molecule has 2 amide bonds. The second-order valence-corrected chi connectivity index (χ2v) is 6.46. The maximum Gasteiger partial charge on any atom is 0.271 e. The average Bonchev–Trinajstić information content (AvgIpc) is 3.26. The number of piperidine rings is 1. The number of nitrogens with one attached hydrogen (secondary N) is 1. The van der Waals surface area contributed by atoms with Gasteiger partial charge in [-0.05, 0) is 37.5 Å². The Morgan fingerprint density at radius 1 is 1.12 bits per heavy atom. The van der Waals surface area contributed by atoms with Crippen molar-refractivity contribution < 1.29 is 9.59 Å². The largest absolute Gasteiger partial charge is 0.337 e. The molecule has 7 nitrogen and oxygen atoms in total. The Morgan fingerprint density at radius 2 is 1.92 bits per heavy atom. The first kappa shape index (κ1) is 14.9. The van der Waals surface area contributed by atoms with Crippen LogP contribution in [0.5, 0.6) is 0 Å². The molecule has 124 valence electrons. The third-order valence-corrected chi connectivity index (χ3v) is 5.21. The first-order valence-corrected chi connectivity index (χ1v) is 8.20. The number of H-pyrrole nitrogens is 1. The second kappa shape index (κ2) is 5.74. The minimum Gasteiger partial charge on any atom is -0.337 e. The van der Waals surface area contributed by atoms with Gasteiger partial charge in [0.15, 0.2) is 0 Å². The Morgan fingerprint density at radius 3 is 2.58 bits per heavy atom. The first-order chi connectivity index (χ1) is 11.7. The van der Waals surface area contributed by atoms with Crippen molar-refractivity contribution >= 4 is 17.5 Å². The standard InChI is InChI=1S/C17H19N5O2/c23-15(14-3-8-19-20-14)21-9-4-17(5-10-21)6-11-22(16(17)24)13-2-1-7-18-12-13/h1-3,7-8,12H,4-6,9-11H2,(H,19,20). The highest BCUT2D eigenvalue weighted by Crippen LogP contribution is 2.43. The highest BCUT2D eigenvalue weighted by atomic mass is 16.2. The zero-order chi connectivity index (χ0) is 16.6. The van der Waals surface area contributed by atoms with E-state index in [1.54, 1.807) is 29.6 Å². The van der Waals surface area contributed by atoms with Crippen LogP contribution in [0.4, 0.5) is 5.69 Å². The fourth-order valence-electron chi connectivity index (χ4n) is 3.73. The molecule has 0 aliphatic carbocycles. The van der Waals surface area contributed by atoms with Crippen LogP contribution >= 0.6 is 0 Å². The number of carbonyl (C=O) groups is 2. The summed E-state index contributed by atoms with van der Waals surface area (Å²) in [4.78, 5) is 33.1. The maximum atomic E-state index is 13.0. The van der Waals surface area contributed by atoms with Gasteiger partial charge in [0.2, 0.25) is 5.91 Å². The summed E-state index contributed by atoms with van der Waals surface area (Å²) in [6.45, 7) is 1.92. The molecule has 1 spiro atoms. The molecule has 0 bridgehead atoms. The number of hydrogen-bond acceptors (Lipinski definition) is 4. The van der Waals surface area contributed by atoms with E-state index < -0.39 is 0 Å². The molecule has 7 heteroatoms. The van der Waals surface area contributed by atoms with Crippen LogP contribution in [0.15, 0.2) is 36.8 Å². The molecular formula is C17H19N5O2. The molecule has 0 aromatic carbocycles. The summed E-state index contributed by atoms with van der Waals surface area (Å²) in [5, 5.41) is 6.53. The van der Waals surface area contributed by atoms with Gasteiger partial charge in [-0.2, -0.15) is 5.10 Å². The fourth-order valence-corrected chi connectivity index (χ4v) is 3.73. The number of amides is 2. The first-order valence-electron chi connectivity index (χ1n) is 8.20. The van der Waals surface area contributed by atoms with Gasteiger partial charge in [0.25, 0.3) is 5.91 Å². The van der Waals surface area contributed by atoms with Crippen LogP contribution in [0.1, 0.15) is 29.8 Å². The third kappa shape index (κ3) is 2.36. The molecule has 2 saturated heterocycles. The molecule has 2 fully saturated rings. The van der Waals surface area contributed by atoms with E-state index in [1.807, 2.05) is 17.0 Å². The van der Waals surface area contributed by atoms with E-state index in [4.69, 9.17) is 0 Å². The molecule has 2 aliphatic heterocycles. The quantitative estimate of drug-likeness (QED) is 0.906. The normalized spacial score (nSPS) is 19.9. The van der Waals surface area contributed by atoms with Crippen molar-refractivity contribution in [3.8, 4) is 0 Å². The Hall–Kier alpha value is -2.70. The van der Waals surface area contributed by atoms with E-state index in [9.17, 15) is 9.59 Å². The molecule has 4 heterocycles. The minimum atomic E-state index is -0.333. The minimum absolute atomic E-state index is 0.0445. The molecule has 2 aliphatic rings. The number of anilines is 1. The summed E-state index contributed by atoms with van der Waals surface area (Å²) in [5.74, 6) is 0.126. The highest BCUT2D eigenvalue weighted by molar-refractivity contribution is 6.00. The van der Waals surface area contributed by atoms with Gasteiger partial charge in [0, 0.05) is 32.0 Å². The molecule has 4 rings (SSSR count). The fraction of sp³-hybridized carbons (Fsp3) is 0.412. The van der Waals surface area contributed by atoms with Gasteiger partial charge in [-0.25, -0.2) is 0 Å². The zero-order valence-corrected chi connectivity index (χ0v) is 13.3. The van der Waals surface area contributed by atoms with Crippen molar-refractivity contribution in [3.05, 3.63) is 42.5 Å². The van der Waals surface area contributed by atoms with Crippen molar-refractivity contribution in [1.29, 1.82) is 0 Å². The van der Waals surface area contributed by atoms with E-state index >= 15 is 0 Å². The van der Waals surface area contributed by atoms with Gasteiger partial charge in [0.05, 0.1) is 17.3 Å². The Kier molecular flexibility index (Phi) is 3.55. The SMILES string of the molecule is O=C(c1ccn[nH]1)N1CCC2(CC1)CCN(c1cccnc1)C2=O. The van der Waals surface area contributed by atoms with E-state index in [0.29, 0.717) is 31.6 Å². The van der Waals surface area contributed by atoms with Gasteiger partial charge < -0.3 is 9.80 Å². The molecular weight excluding hydrogens is 306 g/mol. The van der Waals surface area contributed by atoms with Crippen molar-refractivity contribution in [1.82, 2.24) is 20.1 Å². The lowest BCUT2D eigenvalue weighted by Crippen LogP contribution is -2.46. The van der Waals surface area contributed by atoms with Crippen LogP contribution in [0.25, 0.3) is 0 Å². The lowest BCUT2D eigenvalue weighted by atomic mass is 9.77. The van der Waals surface area contributed by atoms with Gasteiger partial charge >= 0.3 is 0 Å². The maximum absolute atomic E-state index is 13.0. The van der Waals surface area contributed by atoms with Crippen molar-refractivity contribution in [3.63, 3.8) is 0 Å². The van der Waals surface area contributed by atoms with E-state index in [1.165, 1.54) is 0 Å². The van der Waals surface area contributed by atoms with Crippen LogP contribution < -0.4 is 4.90 Å². The molecule has 0 unspecified atom stereocenters.